The van der Waals surface area contributed by atoms with Gasteiger partial charge in [0.05, 0.1) is 0 Å². The van der Waals surface area contributed by atoms with E-state index in [-0.39, 0.29) is 19.5 Å². The minimum absolute atomic E-state index is 0. The summed E-state index contributed by atoms with van der Waals surface area (Å²) in [6, 6.07) is 64.7. The van der Waals surface area contributed by atoms with Gasteiger partial charge in [-0.05, 0) is 92.6 Å². The molecule has 0 saturated heterocycles. The van der Waals surface area contributed by atoms with E-state index in [1.807, 2.05) is 32.1 Å². The summed E-state index contributed by atoms with van der Waals surface area (Å²) in [6.45, 7) is 2.19. The minimum atomic E-state index is -0.446. The van der Waals surface area contributed by atoms with Gasteiger partial charge in [-0.1, -0.05) is 208 Å². The normalized spacial score (nSPS) is 11.3. The number of hydrogen-bond acceptors (Lipinski definition) is 0. The first kappa shape index (κ1) is 42.8. The molecule has 0 amide bonds. The second-order valence-corrected chi connectivity index (χ2v) is 16.1. The van der Waals surface area contributed by atoms with Crippen LogP contribution in [0.2, 0.25) is 0 Å². The van der Waals surface area contributed by atoms with E-state index in [0.29, 0.717) is 0 Å². The molecule has 6 aromatic carbocycles. The van der Waals surface area contributed by atoms with Crippen LogP contribution < -0.4 is 31.8 Å². The quantitative estimate of drug-likeness (QED) is 0.0426. The van der Waals surface area contributed by atoms with Crippen LogP contribution in [0.4, 0.5) is 0 Å². The predicted octanol–water partition coefficient (Wildman–Crippen LogP) is 10.5. The molecule has 0 N–H and O–H groups in total. The van der Waals surface area contributed by atoms with E-state index < -0.39 is 15.8 Å². The van der Waals surface area contributed by atoms with Crippen LogP contribution in [-0.4, -0.2) is 0 Å². The van der Waals surface area contributed by atoms with Gasteiger partial charge in [-0.2, -0.15) is 0 Å². The van der Waals surface area contributed by atoms with Crippen LogP contribution in [0.25, 0.3) is 0 Å². The maximum absolute atomic E-state index is 6.59. The van der Waals surface area contributed by atoms with Gasteiger partial charge in [0, 0.05) is 0 Å². The second kappa shape index (κ2) is 27.0. The fraction of sp³-hybridized carbons (Fsp3) is 0.122. The Morgan fingerprint density at radius 2 is 0.596 bits per heavy atom. The van der Waals surface area contributed by atoms with Crippen molar-refractivity contribution in [2.24, 2.45) is 0 Å². The first-order chi connectivity index (χ1) is 25.3. The van der Waals surface area contributed by atoms with Gasteiger partial charge in [0.25, 0.3) is 0 Å². The third-order valence-electron chi connectivity index (χ3n) is 7.80. The Morgan fingerprint density at radius 3 is 0.788 bits per heavy atom. The summed E-state index contributed by atoms with van der Waals surface area (Å²) >= 11 is 0. The van der Waals surface area contributed by atoms with Crippen molar-refractivity contribution in [3.05, 3.63) is 221 Å². The van der Waals surface area contributed by atoms with Gasteiger partial charge in [-0.15, -0.1) is 0 Å². The summed E-state index contributed by atoms with van der Waals surface area (Å²) in [5, 5.41) is 8.39. The predicted molar refractivity (Wildman–Crippen MR) is 228 cm³/mol. The fourth-order valence-electron chi connectivity index (χ4n) is 5.32. The van der Waals surface area contributed by atoms with Gasteiger partial charge in [-0.25, -0.2) is 0 Å². The van der Waals surface area contributed by atoms with E-state index in [0.717, 1.165) is 12.8 Å². The number of hydrogen-bond donors (Lipinski definition) is 0. The van der Waals surface area contributed by atoms with Crippen LogP contribution in [0.3, 0.4) is 0 Å². The fourth-order valence-corrected chi connectivity index (χ4v) is 9.93. The average Bonchev–Trinajstić information content (AvgIpc) is 3.81. The molecule has 7 rings (SSSR count). The zero-order chi connectivity index (χ0) is 35.6. The number of rotatable bonds is 10. The van der Waals surface area contributed by atoms with Gasteiger partial charge in [0.15, 0.2) is 0 Å². The SMILES string of the molecule is [C-]#CCCCCCC.[CH]1[CH][CH][CH][CH]1.[Ru+2].c1ccc(P(c2ccccc2)c2ccccc2)cc1.c1ccc(P(c2ccccc2)c2ccccc2)cc1. The topological polar surface area (TPSA) is 0 Å². The molecule has 0 atom stereocenters. The van der Waals surface area contributed by atoms with Crippen LogP contribution in [-0.2, 0) is 19.5 Å². The van der Waals surface area contributed by atoms with Crippen molar-refractivity contribution in [1.82, 2.24) is 0 Å². The average molecular weight is 800 g/mol. The van der Waals surface area contributed by atoms with Crippen molar-refractivity contribution in [1.29, 1.82) is 0 Å². The molecule has 52 heavy (non-hydrogen) atoms. The van der Waals surface area contributed by atoms with Crippen molar-refractivity contribution in [2.45, 2.75) is 39.0 Å². The summed E-state index contributed by atoms with van der Waals surface area (Å²) in [5.41, 5.74) is 0. The van der Waals surface area contributed by atoms with Crippen LogP contribution in [0.15, 0.2) is 182 Å². The molecule has 6 aromatic rings. The molecule has 0 aromatic heterocycles. The molecule has 0 spiro atoms. The van der Waals surface area contributed by atoms with Crippen LogP contribution in [0, 0.1) is 44.4 Å². The van der Waals surface area contributed by atoms with E-state index in [1.165, 1.54) is 51.1 Å². The molecule has 0 unspecified atom stereocenters. The molecule has 0 nitrogen and oxygen atoms in total. The summed E-state index contributed by atoms with van der Waals surface area (Å²) in [7, 11) is -0.892. The van der Waals surface area contributed by atoms with Crippen molar-refractivity contribution < 1.29 is 19.5 Å². The molecule has 1 aliphatic carbocycles. The van der Waals surface area contributed by atoms with Gasteiger partial charge >= 0.3 is 19.5 Å². The maximum atomic E-state index is 6.59. The molecule has 0 aliphatic heterocycles. The molecule has 5 radical (unpaired) electrons. The summed E-state index contributed by atoms with van der Waals surface area (Å²) in [5.74, 6) is 2.38. The van der Waals surface area contributed by atoms with Crippen molar-refractivity contribution in [2.75, 3.05) is 0 Å². The Kier molecular flexibility index (Phi) is 22.2. The number of unbranched alkanes of at least 4 members (excludes halogenated alkanes) is 4. The summed E-state index contributed by atoms with van der Waals surface area (Å²) in [4.78, 5) is 0. The maximum Gasteiger partial charge on any atom is 2.00 e. The van der Waals surface area contributed by atoms with Crippen molar-refractivity contribution in [3.8, 4) is 5.92 Å². The molecule has 0 heterocycles. The third kappa shape index (κ3) is 15.5. The van der Waals surface area contributed by atoms with Crippen LogP contribution in [0.5, 0.6) is 0 Å². The Hall–Kier alpha value is -3.64. The zero-order valence-electron chi connectivity index (χ0n) is 30.0. The van der Waals surface area contributed by atoms with E-state index in [2.05, 4.69) is 195 Å². The largest absolute Gasteiger partial charge is 2.00 e. The molecular formula is C49H48P2Ru+. The monoisotopic (exact) mass is 800 g/mol. The van der Waals surface area contributed by atoms with Gasteiger partial charge in [0.1, 0.15) is 0 Å². The van der Waals surface area contributed by atoms with Crippen LogP contribution in [0.1, 0.15) is 39.0 Å². The molecule has 1 saturated carbocycles. The molecular weight excluding hydrogens is 752 g/mol. The molecule has 0 bridgehead atoms. The minimum Gasteiger partial charge on any atom is -0.694 e. The Bertz CT molecular complexity index is 1420. The van der Waals surface area contributed by atoms with Crippen molar-refractivity contribution >= 4 is 47.7 Å². The van der Waals surface area contributed by atoms with Crippen molar-refractivity contribution in [3.63, 3.8) is 0 Å². The summed E-state index contributed by atoms with van der Waals surface area (Å²) < 4.78 is 0. The van der Waals surface area contributed by atoms with Gasteiger partial charge < -0.3 is 12.3 Å². The third-order valence-corrected chi connectivity index (χ3v) is 12.7. The molecule has 261 valence electrons. The van der Waals surface area contributed by atoms with Crippen LogP contribution >= 0.6 is 15.8 Å². The Labute approximate surface area is 330 Å². The Morgan fingerprint density at radius 1 is 0.365 bits per heavy atom. The van der Waals surface area contributed by atoms with Gasteiger partial charge in [0.2, 0.25) is 0 Å². The Balaban J connectivity index is 0.000000208. The van der Waals surface area contributed by atoms with E-state index in [9.17, 15) is 0 Å². The van der Waals surface area contributed by atoms with Gasteiger partial charge in [-0.3, -0.25) is 0 Å². The van der Waals surface area contributed by atoms with E-state index in [4.69, 9.17) is 6.42 Å². The first-order valence-corrected chi connectivity index (χ1v) is 20.5. The first-order valence-electron chi connectivity index (χ1n) is 17.8. The molecule has 3 heteroatoms. The van der Waals surface area contributed by atoms with E-state index in [1.54, 1.807) is 0 Å². The standard InChI is InChI=1S/2C18H15P.C8H13.C5H5.Ru/c2*1-4-10-16(11-5-1)19(17-12-6-2-7-13-17)18-14-8-3-9-15-18;1-3-5-7-8-6-4-2;1-2-4-5-3-1;/h2*1-15H;3,5-8H2,1H3;1-5H;/q;;-1;;+2. The number of benzene rings is 6. The second-order valence-electron chi connectivity index (χ2n) is 11.6. The smallest absolute Gasteiger partial charge is 0.694 e. The summed E-state index contributed by atoms with van der Waals surface area (Å²) in [6.07, 6.45) is 22.4. The molecule has 1 aliphatic rings. The molecule has 1 fully saturated rings. The van der Waals surface area contributed by atoms with E-state index >= 15 is 0 Å². The zero-order valence-corrected chi connectivity index (χ0v) is 33.5.